The third-order valence-electron chi connectivity index (χ3n) is 3.64. The predicted octanol–water partition coefficient (Wildman–Crippen LogP) is 3.18. The lowest BCUT2D eigenvalue weighted by molar-refractivity contribution is 0.0102. The van der Waals surface area contributed by atoms with E-state index in [9.17, 15) is 5.11 Å². The lowest BCUT2D eigenvalue weighted by atomic mass is 9.69. The first kappa shape index (κ1) is 15.9. The standard InChI is InChI=1S/C14H31NO/c1-11(12(2,3)4)8-13(5,6)9-14(7,16)10-15/h11,16H,8-10,15H2,1-7H3. The first-order valence-corrected chi connectivity index (χ1v) is 6.32. The number of hydrogen-bond acceptors (Lipinski definition) is 2. The Morgan fingerprint density at radius 1 is 1.06 bits per heavy atom. The van der Waals surface area contributed by atoms with Crippen molar-refractivity contribution in [2.45, 2.75) is 66.9 Å². The van der Waals surface area contributed by atoms with Gasteiger partial charge in [-0.2, -0.15) is 0 Å². The molecule has 0 bridgehead atoms. The molecular weight excluding hydrogens is 198 g/mol. The van der Waals surface area contributed by atoms with Gasteiger partial charge >= 0.3 is 0 Å². The van der Waals surface area contributed by atoms with Crippen molar-refractivity contribution in [1.29, 1.82) is 0 Å². The second-order valence-electron chi connectivity index (χ2n) is 7.51. The zero-order chi connectivity index (χ0) is 13.2. The Kier molecular flexibility index (Phi) is 5.03. The van der Waals surface area contributed by atoms with Gasteiger partial charge in [-0.3, -0.25) is 0 Å². The second kappa shape index (κ2) is 5.05. The van der Waals surface area contributed by atoms with Gasteiger partial charge in [0.15, 0.2) is 0 Å². The minimum absolute atomic E-state index is 0.134. The average Bonchev–Trinajstić information content (AvgIpc) is 1.99. The van der Waals surface area contributed by atoms with Gasteiger partial charge in [0.1, 0.15) is 0 Å². The monoisotopic (exact) mass is 229 g/mol. The molecule has 0 aromatic rings. The van der Waals surface area contributed by atoms with E-state index in [0.29, 0.717) is 17.9 Å². The molecule has 0 aliphatic rings. The van der Waals surface area contributed by atoms with Crippen LogP contribution in [0.1, 0.15) is 61.3 Å². The number of aliphatic hydroxyl groups is 1. The number of nitrogens with two attached hydrogens (primary N) is 1. The van der Waals surface area contributed by atoms with Gasteiger partial charge in [0, 0.05) is 6.54 Å². The molecule has 0 aliphatic heterocycles. The van der Waals surface area contributed by atoms with Gasteiger partial charge in [0.2, 0.25) is 0 Å². The molecular formula is C14H31NO. The Balaban J connectivity index is 4.47. The van der Waals surface area contributed by atoms with Crippen LogP contribution in [0.3, 0.4) is 0 Å². The van der Waals surface area contributed by atoms with Crippen molar-refractivity contribution in [2.75, 3.05) is 6.54 Å². The van der Waals surface area contributed by atoms with Gasteiger partial charge in [0.05, 0.1) is 5.60 Å². The SMILES string of the molecule is CC(CC(C)(C)CC(C)(O)CN)C(C)(C)C. The maximum absolute atomic E-state index is 10.0. The molecule has 16 heavy (non-hydrogen) atoms. The molecule has 0 fully saturated rings. The summed E-state index contributed by atoms with van der Waals surface area (Å²) in [5.41, 5.74) is 5.30. The normalized spacial score (nSPS) is 19.3. The molecule has 0 rings (SSSR count). The lowest BCUT2D eigenvalue weighted by Gasteiger charge is -2.38. The van der Waals surface area contributed by atoms with Crippen LogP contribution in [0.25, 0.3) is 0 Å². The van der Waals surface area contributed by atoms with Gasteiger partial charge < -0.3 is 10.8 Å². The van der Waals surface area contributed by atoms with Crippen LogP contribution >= 0.6 is 0 Å². The summed E-state index contributed by atoms with van der Waals surface area (Å²) in [5.74, 6) is 0.635. The third-order valence-corrected chi connectivity index (χ3v) is 3.64. The fourth-order valence-corrected chi connectivity index (χ4v) is 2.31. The first-order valence-electron chi connectivity index (χ1n) is 6.32. The molecule has 0 aromatic carbocycles. The van der Waals surface area contributed by atoms with Crippen molar-refractivity contribution in [2.24, 2.45) is 22.5 Å². The predicted molar refractivity (Wildman–Crippen MR) is 71.3 cm³/mol. The van der Waals surface area contributed by atoms with Crippen LogP contribution in [0.15, 0.2) is 0 Å². The van der Waals surface area contributed by atoms with Gasteiger partial charge in [-0.25, -0.2) is 0 Å². The van der Waals surface area contributed by atoms with E-state index < -0.39 is 5.60 Å². The van der Waals surface area contributed by atoms with E-state index in [1.54, 1.807) is 0 Å². The maximum atomic E-state index is 10.0. The van der Waals surface area contributed by atoms with Crippen LogP contribution in [0.4, 0.5) is 0 Å². The fraction of sp³-hybridized carbons (Fsp3) is 1.00. The van der Waals surface area contributed by atoms with E-state index in [0.717, 1.165) is 12.8 Å². The minimum atomic E-state index is -0.735. The Bertz CT molecular complexity index is 213. The molecule has 2 heteroatoms. The largest absolute Gasteiger partial charge is 0.389 e. The highest BCUT2D eigenvalue weighted by atomic mass is 16.3. The van der Waals surface area contributed by atoms with Crippen molar-refractivity contribution >= 4 is 0 Å². The molecule has 2 unspecified atom stereocenters. The summed E-state index contributed by atoms with van der Waals surface area (Å²) < 4.78 is 0. The van der Waals surface area contributed by atoms with Crippen molar-refractivity contribution in [3.63, 3.8) is 0 Å². The smallest absolute Gasteiger partial charge is 0.0746 e. The molecule has 0 amide bonds. The minimum Gasteiger partial charge on any atom is -0.389 e. The zero-order valence-electron chi connectivity index (χ0n) is 12.2. The summed E-state index contributed by atoms with van der Waals surface area (Å²) >= 11 is 0. The van der Waals surface area contributed by atoms with Crippen LogP contribution < -0.4 is 5.73 Å². The highest BCUT2D eigenvalue weighted by Gasteiger charge is 2.33. The maximum Gasteiger partial charge on any atom is 0.0746 e. The average molecular weight is 229 g/mol. The lowest BCUT2D eigenvalue weighted by Crippen LogP contribution is -2.40. The third kappa shape index (κ3) is 5.86. The van der Waals surface area contributed by atoms with Crippen LogP contribution in [0.5, 0.6) is 0 Å². The zero-order valence-corrected chi connectivity index (χ0v) is 12.2. The fourth-order valence-electron chi connectivity index (χ4n) is 2.31. The van der Waals surface area contributed by atoms with Crippen LogP contribution in [-0.4, -0.2) is 17.3 Å². The first-order chi connectivity index (χ1) is 6.90. The topological polar surface area (TPSA) is 46.2 Å². The van der Waals surface area contributed by atoms with E-state index in [1.807, 2.05) is 6.92 Å². The molecule has 0 radical (unpaired) electrons. The van der Waals surface area contributed by atoms with Crippen LogP contribution in [0.2, 0.25) is 0 Å². The number of rotatable bonds is 5. The molecule has 0 saturated heterocycles. The van der Waals surface area contributed by atoms with Gasteiger partial charge in [-0.15, -0.1) is 0 Å². The van der Waals surface area contributed by atoms with E-state index in [1.165, 1.54) is 0 Å². The van der Waals surface area contributed by atoms with Gasteiger partial charge in [-0.1, -0.05) is 41.5 Å². The van der Waals surface area contributed by atoms with Crippen molar-refractivity contribution < 1.29 is 5.11 Å². The highest BCUT2D eigenvalue weighted by molar-refractivity contribution is 4.85. The molecule has 98 valence electrons. The van der Waals surface area contributed by atoms with Crippen molar-refractivity contribution in [1.82, 2.24) is 0 Å². The van der Waals surface area contributed by atoms with E-state index in [2.05, 4.69) is 41.5 Å². The molecule has 0 aromatic heterocycles. The summed E-state index contributed by atoms with van der Waals surface area (Å²) in [6, 6.07) is 0. The van der Waals surface area contributed by atoms with Gasteiger partial charge in [0.25, 0.3) is 0 Å². The molecule has 2 atom stereocenters. The summed E-state index contributed by atoms with van der Waals surface area (Å²) in [6.07, 6.45) is 1.88. The Morgan fingerprint density at radius 3 is 1.81 bits per heavy atom. The molecule has 2 nitrogen and oxygen atoms in total. The Labute approximate surface area is 102 Å². The summed E-state index contributed by atoms with van der Waals surface area (Å²) in [6.45, 7) is 15.7. The van der Waals surface area contributed by atoms with E-state index in [-0.39, 0.29) is 5.41 Å². The van der Waals surface area contributed by atoms with Gasteiger partial charge in [-0.05, 0) is 36.5 Å². The van der Waals surface area contributed by atoms with Crippen molar-refractivity contribution in [3.8, 4) is 0 Å². The molecule has 0 spiro atoms. The van der Waals surface area contributed by atoms with Crippen LogP contribution in [0, 0.1) is 16.7 Å². The molecule has 3 N–H and O–H groups in total. The van der Waals surface area contributed by atoms with E-state index >= 15 is 0 Å². The molecule has 0 heterocycles. The molecule has 0 aliphatic carbocycles. The summed E-state index contributed by atoms with van der Waals surface area (Å²) in [7, 11) is 0. The Morgan fingerprint density at radius 2 is 1.50 bits per heavy atom. The van der Waals surface area contributed by atoms with Crippen molar-refractivity contribution in [3.05, 3.63) is 0 Å². The quantitative estimate of drug-likeness (QED) is 0.760. The van der Waals surface area contributed by atoms with Crippen LogP contribution in [-0.2, 0) is 0 Å². The van der Waals surface area contributed by atoms with E-state index in [4.69, 9.17) is 5.73 Å². The highest BCUT2D eigenvalue weighted by Crippen LogP contribution is 2.39. The number of hydrogen-bond donors (Lipinski definition) is 2. The Hall–Kier alpha value is -0.0800. The second-order valence-corrected chi connectivity index (χ2v) is 7.51. The summed E-state index contributed by atoms with van der Waals surface area (Å²) in [5, 5.41) is 10.0. The molecule has 0 saturated carbocycles. The summed E-state index contributed by atoms with van der Waals surface area (Å²) in [4.78, 5) is 0.